The highest BCUT2D eigenvalue weighted by atomic mass is 32.2. The molecule has 1 aromatic rings. The van der Waals surface area contributed by atoms with Gasteiger partial charge in [-0.25, -0.2) is 13.6 Å². The van der Waals surface area contributed by atoms with Crippen molar-refractivity contribution in [2.75, 3.05) is 7.11 Å². The van der Waals surface area contributed by atoms with Crippen LogP contribution in [0.15, 0.2) is 29.2 Å². The van der Waals surface area contributed by atoms with Crippen LogP contribution in [0.2, 0.25) is 0 Å². The number of ether oxygens (including phenoxy) is 1. The van der Waals surface area contributed by atoms with Crippen LogP contribution in [-0.4, -0.2) is 27.5 Å². The van der Waals surface area contributed by atoms with Gasteiger partial charge in [0, 0.05) is 13.5 Å². The van der Waals surface area contributed by atoms with Gasteiger partial charge in [0.1, 0.15) is 0 Å². The van der Waals surface area contributed by atoms with Crippen molar-refractivity contribution in [2.45, 2.75) is 43.7 Å². The van der Waals surface area contributed by atoms with Crippen molar-refractivity contribution in [3.05, 3.63) is 29.8 Å². The molecule has 0 aliphatic heterocycles. The van der Waals surface area contributed by atoms with Crippen LogP contribution < -0.4 is 10.5 Å². The van der Waals surface area contributed by atoms with Crippen LogP contribution in [0.3, 0.4) is 0 Å². The smallest absolute Gasteiger partial charge is 0.238 e. The van der Waals surface area contributed by atoms with E-state index in [-0.39, 0.29) is 22.9 Å². The molecule has 0 saturated carbocycles. The van der Waals surface area contributed by atoms with E-state index in [0.29, 0.717) is 12.8 Å². The third-order valence-electron chi connectivity index (χ3n) is 3.27. The standard InChI is InChI=1S/C14H22N2O4S/c1-10(20-3)4-9-14(17)16-11(2)12-5-7-13(8-6-12)21(15,18)19/h5-8,10-11H,4,9H2,1-3H3,(H,16,17)(H2,15,18,19). The molecular weight excluding hydrogens is 292 g/mol. The number of rotatable bonds is 7. The number of nitrogens with two attached hydrogens (primary N) is 1. The monoisotopic (exact) mass is 314 g/mol. The molecule has 2 atom stereocenters. The molecule has 1 amide bonds. The third-order valence-corrected chi connectivity index (χ3v) is 4.20. The Hall–Kier alpha value is -1.44. The summed E-state index contributed by atoms with van der Waals surface area (Å²) in [4.78, 5) is 11.8. The molecule has 0 aromatic heterocycles. The lowest BCUT2D eigenvalue weighted by Crippen LogP contribution is -2.27. The van der Waals surface area contributed by atoms with Gasteiger partial charge in [-0.2, -0.15) is 0 Å². The van der Waals surface area contributed by atoms with Gasteiger partial charge >= 0.3 is 0 Å². The minimum Gasteiger partial charge on any atom is -0.382 e. The predicted molar refractivity (Wildman–Crippen MR) is 80.1 cm³/mol. The Morgan fingerprint density at radius 2 is 1.86 bits per heavy atom. The molecule has 1 aromatic carbocycles. The van der Waals surface area contributed by atoms with Gasteiger partial charge in [0.15, 0.2) is 0 Å². The van der Waals surface area contributed by atoms with Crippen LogP contribution >= 0.6 is 0 Å². The number of sulfonamides is 1. The van der Waals surface area contributed by atoms with Gasteiger partial charge in [0.25, 0.3) is 0 Å². The first-order chi connectivity index (χ1) is 9.74. The Morgan fingerprint density at radius 1 is 1.29 bits per heavy atom. The molecule has 2 unspecified atom stereocenters. The zero-order chi connectivity index (χ0) is 16.0. The average Bonchev–Trinajstić information content (AvgIpc) is 2.43. The van der Waals surface area contributed by atoms with Crippen molar-refractivity contribution in [2.24, 2.45) is 5.14 Å². The molecule has 0 heterocycles. The highest BCUT2D eigenvalue weighted by Gasteiger charge is 2.12. The van der Waals surface area contributed by atoms with E-state index in [1.165, 1.54) is 12.1 Å². The Labute approximate surface area is 125 Å². The maximum atomic E-state index is 11.8. The fourth-order valence-corrected chi connectivity index (χ4v) is 2.31. The van der Waals surface area contributed by atoms with Crippen molar-refractivity contribution >= 4 is 15.9 Å². The number of carbonyl (C=O) groups is 1. The summed E-state index contributed by atoms with van der Waals surface area (Å²) in [7, 11) is -2.08. The number of carbonyl (C=O) groups excluding carboxylic acids is 1. The zero-order valence-electron chi connectivity index (χ0n) is 12.5. The van der Waals surface area contributed by atoms with Crippen LogP contribution in [0, 0.1) is 0 Å². The van der Waals surface area contributed by atoms with E-state index >= 15 is 0 Å². The fraction of sp³-hybridized carbons (Fsp3) is 0.500. The molecule has 0 fully saturated rings. The van der Waals surface area contributed by atoms with Crippen molar-refractivity contribution < 1.29 is 17.9 Å². The summed E-state index contributed by atoms with van der Waals surface area (Å²) < 4.78 is 27.4. The average molecular weight is 314 g/mol. The van der Waals surface area contributed by atoms with Crippen LogP contribution in [0.25, 0.3) is 0 Å². The number of methoxy groups -OCH3 is 1. The molecule has 21 heavy (non-hydrogen) atoms. The van der Waals surface area contributed by atoms with Crippen molar-refractivity contribution in [1.82, 2.24) is 5.32 Å². The van der Waals surface area contributed by atoms with Crippen molar-refractivity contribution in [3.63, 3.8) is 0 Å². The van der Waals surface area contributed by atoms with E-state index in [1.807, 2.05) is 13.8 Å². The quantitative estimate of drug-likeness (QED) is 0.793. The van der Waals surface area contributed by atoms with E-state index in [0.717, 1.165) is 5.56 Å². The summed E-state index contributed by atoms with van der Waals surface area (Å²) in [6.07, 6.45) is 1.08. The molecule has 7 heteroatoms. The summed E-state index contributed by atoms with van der Waals surface area (Å²) in [5, 5.41) is 7.89. The van der Waals surface area contributed by atoms with Gasteiger partial charge in [0.2, 0.25) is 15.9 Å². The number of hydrogen-bond donors (Lipinski definition) is 2. The van der Waals surface area contributed by atoms with Gasteiger partial charge in [-0.3, -0.25) is 4.79 Å². The minimum absolute atomic E-state index is 0.0418. The summed E-state index contributed by atoms with van der Waals surface area (Å²) in [5.74, 6) is -0.0677. The lowest BCUT2D eigenvalue weighted by molar-refractivity contribution is -0.122. The minimum atomic E-state index is -3.69. The molecule has 0 aliphatic rings. The first kappa shape index (κ1) is 17.6. The maximum Gasteiger partial charge on any atom is 0.238 e. The zero-order valence-corrected chi connectivity index (χ0v) is 13.3. The molecule has 0 bridgehead atoms. The van der Waals surface area contributed by atoms with Gasteiger partial charge in [-0.15, -0.1) is 0 Å². The van der Waals surface area contributed by atoms with E-state index in [2.05, 4.69) is 5.32 Å². The molecular formula is C14H22N2O4S. The second-order valence-corrected chi connectivity index (χ2v) is 6.55. The number of primary sulfonamides is 1. The summed E-state index contributed by atoms with van der Waals surface area (Å²) >= 11 is 0. The highest BCUT2D eigenvalue weighted by molar-refractivity contribution is 7.89. The van der Waals surface area contributed by atoms with Gasteiger partial charge in [0.05, 0.1) is 17.0 Å². The van der Waals surface area contributed by atoms with Crippen molar-refractivity contribution in [1.29, 1.82) is 0 Å². The van der Waals surface area contributed by atoms with E-state index in [1.54, 1.807) is 19.2 Å². The Bertz CT molecular complexity index is 569. The number of nitrogens with one attached hydrogen (secondary N) is 1. The lowest BCUT2D eigenvalue weighted by atomic mass is 10.1. The van der Waals surface area contributed by atoms with Crippen LogP contribution in [0.4, 0.5) is 0 Å². The molecule has 6 nitrogen and oxygen atoms in total. The van der Waals surface area contributed by atoms with Crippen molar-refractivity contribution in [3.8, 4) is 0 Å². The third kappa shape index (κ3) is 5.82. The van der Waals surface area contributed by atoms with Gasteiger partial charge in [-0.1, -0.05) is 12.1 Å². The maximum absolute atomic E-state index is 11.8. The lowest BCUT2D eigenvalue weighted by Gasteiger charge is -2.15. The van der Waals surface area contributed by atoms with Gasteiger partial charge in [-0.05, 0) is 38.0 Å². The molecule has 0 saturated heterocycles. The molecule has 118 valence electrons. The summed E-state index contributed by atoms with van der Waals surface area (Å²) in [5.41, 5.74) is 0.815. The number of hydrogen-bond acceptors (Lipinski definition) is 4. The Kier molecular flexibility index (Phi) is 6.32. The summed E-state index contributed by atoms with van der Waals surface area (Å²) in [6, 6.07) is 5.94. The molecule has 0 spiro atoms. The first-order valence-electron chi connectivity index (χ1n) is 6.69. The predicted octanol–water partition coefficient (Wildman–Crippen LogP) is 1.33. The largest absolute Gasteiger partial charge is 0.382 e. The molecule has 3 N–H and O–H groups in total. The van der Waals surface area contributed by atoms with Crippen LogP contribution in [0.5, 0.6) is 0 Å². The highest BCUT2D eigenvalue weighted by Crippen LogP contribution is 2.15. The Balaban J connectivity index is 2.59. The van der Waals surface area contributed by atoms with E-state index in [4.69, 9.17) is 9.88 Å². The topological polar surface area (TPSA) is 98.5 Å². The molecule has 1 rings (SSSR count). The molecule has 0 aliphatic carbocycles. The SMILES string of the molecule is COC(C)CCC(=O)NC(C)c1ccc(S(N)(=O)=O)cc1. The van der Waals surface area contributed by atoms with Crippen LogP contribution in [0.1, 0.15) is 38.3 Å². The van der Waals surface area contributed by atoms with E-state index < -0.39 is 10.0 Å². The Morgan fingerprint density at radius 3 is 2.33 bits per heavy atom. The van der Waals surface area contributed by atoms with E-state index in [9.17, 15) is 13.2 Å². The fourth-order valence-electron chi connectivity index (χ4n) is 1.80. The second kappa shape index (κ2) is 7.53. The normalized spacial score (nSPS) is 14.5. The van der Waals surface area contributed by atoms with Gasteiger partial charge < -0.3 is 10.1 Å². The number of benzene rings is 1. The number of amides is 1. The molecule has 0 radical (unpaired) electrons. The summed E-state index contributed by atoms with van der Waals surface area (Å²) in [6.45, 7) is 3.74. The van der Waals surface area contributed by atoms with Crippen LogP contribution in [-0.2, 0) is 19.6 Å². The first-order valence-corrected chi connectivity index (χ1v) is 8.23. The second-order valence-electron chi connectivity index (χ2n) is 4.99.